The van der Waals surface area contributed by atoms with E-state index in [0.29, 0.717) is 21.6 Å². The summed E-state index contributed by atoms with van der Waals surface area (Å²) in [4.78, 5) is 4.30. The molecule has 0 saturated carbocycles. The van der Waals surface area contributed by atoms with E-state index in [2.05, 4.69) is 10.1 Å². The topological polar surface area (TPSA) is 43.3 Å². The smallest absolute Gasteiger partial charge is 0.155 e. The lowest BCUT2D eigenvalue weighted by atomic mass is 10.2. The fourth-order valence-electron chi connectivity index (χ4n) is 2.51. The second-order valence-electron chi connectivity index (χ2n) is 5.17. The maximum absolute atomic E-state index is 6.25. The average molecular weight is 344 g/mol. The van der Waals surface area contributed by atoms with E-state index in [1.54, 1.807) is 22.8 Å². The van der Waals surface area contributed by atoms with Gasteiger partial charge in [-0.25, -0.2) is 9.50 Å². The van der Waals surface area contributed by atoms with Crippen molar-refractivity contribution in [2.75, 3.05) is 0 Å². The van der Waals surface area contributed by atoms with Crippen LogP contribution in [0, 0.1) is 6.92 Å². The molecule has 4 aromatic rings. The van der Waals surface area contributed by atoms with E-state index in [9.17, 15) is 0 Å². The Morgan fingerprint density at radius 2 is 1.83 bits per heavy atom. The Morgan fingerprint density at radius 1 is 1.00 bits per heavy atom. The molecule has 114 valence electrons. The zero-order valence-electron chi connectivity index (χ0n) is 12.1. The van der Waals surface area contributed by atoms with Gasteiger partial charge in [0.05, 0.1) is 10.7 Å². The van der Waals surface area contributed by atoms with Crippen LogP contribution in [-0.2, 0) is 0 Å². The van der Waals surface area contributed by atoms with Gasteiger partial charge in [0.25, 0.3) is 0 Å². The molecule has 3 aromatic heterocycles. The van der Waals surface area contributed by atoms with Crippen LogP contribution < -0.4 is 0 Å². The first kappa shape index (κ1) is 14.3. The zero-order chi connectivity index (χ0) is 16.0. The van der Waals surface area contributed by atoms with Gasteiger partial charge < -0.3 is 4.42 Å². The molecule has 3 heterocycles. The predicted molar refractivity (Wildman–Crippen MR) is 90.9 cm³/mol. The molecule has 0 fully saturated rings. The minimum Gasteiger partial charge on any atom is -0.454 e. The van der Waals surface area contributed by atoms with Gasteiger partial charge in [0.2, 0.25) is 0 Å². The van der Waals surface area contributed by atoms with Crippen molar-refractivity contribution < 1.29 is 4.42 Å². The summed E-state index contributed by atoms with van der Waals surface area (Å²) in [5, 5.41) is 5.59. The van der Waals surface area contributed by atoms with Gasteiger partial charge >= 0.3 is 0 Å². The van der Waals surface area contributed by atoms with Crippen LogP contribution in [0.25, 0.3) is 28.4 Å². The lowest BCUT2D eigenvalue weighted by Crippen LogP contribution is -1.94. The minimum atomic E-state index is 0.549. The number of fused-ring (bicyclic) bond motifs is 1. The molecule has 0 aliphatic rings. The first-order chi connectivity index (χ1) is 11.1. The van der Waals surface area contributed by atoms with Gasteiger partial charge in [-0.3, -0.25) is 0 Å². The van der Waals surface area contributed by atoms with E-state index < -0.39 is 0 Å². The van der Waals surface area contributed by atoms with Gasteiger partial charge in [-0.1, -0.05) is 23.2 Å². The Hall–Kier alpha value is -2.30. The lowest BCUT2D eigenvalue weighted by Gasteiger charge is -2.03. The van der Waals surface area contributed by atoms with Crippen LogP contribution in [0.5, 0.6) is 0 Å². The molecular weight excluding hydrogens is 333 g/mol. The number of aromatic nitrogens is 3. The van der Waals surface area contributed by atoms with Crippen LogP contribution >= 0.6 is 23.2 Å². The molecule has 0 N–H and O–H groups in total. The van der Waals surface area contributed by atoms with Crippen LogP contribution in [-0.4, -0.2) is 14.6 Å². The van der Waals surface area contributed by atoms with Gasteiger partial charge in [0.1, 0.15) is 11.5 Å². The highest BCUT2D eigenvalue weighted by molar-refractivity contribution is 6.36. The van der Waals surface area contributed by atoms with Crippen LogP contribution in [0.2, 0.25) is 10.0 Å². The number of halogens is 2. The van der Waals surface area contributed by atoms with Crippen LogP contribution in [0.4, 0.5) is 0 Å². The highest BCUT2D eigenvalue weighted by Gasteiger charge is 2.13. The summed E-state index contributed by atoms with van der Waals surface area (Å²) in [5.41, 5.74) is 3.31. The van der Waals surface area contributed by atoms with Crippen molar-refractivity contribution >= 4 is 28.8 Å². The highest BCUT2D eigenvalue weighted by atomic mass is 35.5. The standard InChI is InChI=1S/C17H11Cl2N3O/c1-10-8-17-20-7-6-14(22(17)21-10)16-5-4-15(23-16)12-3-2-11(18)9-13(12)19/h2-9H,1H3. The third-order valence-electron chi connectivity index (χ3n) is 3.54. The number of nitrogens with zero attached hydrogens (tertiary/aromatic N) is 3. The first-order valence-corrected chi connectivity index (χ1v) is 7.74. The molecule has 0 aliphatic carbocycles. The Bertz CT molecular complexity index is 1020. The maximum atomic E-state index is 6.25. The zero-order valence-corrected chi connectivity index (χ0v) is 13.6. The molecule has 0 atom stereocenters. The van der Waals surface area contributed by atoms with E-state index in [0.717, 1.165) is 22.6 Å². The van der Waals surface area contributed by atoms with Crippen molar-refractivity contribution in [3.05, 3.63) is 64.4 Å². The van der Waals surface area contributed by atoms with Gasteiger partial charge in [-0.2, -0.15) is 5.10 Å². The van der Waals surface area contributed by atoms with Gasteiger partial charge in [0, 0.05) is 22.8 Å². The van der Waals surface area contributed by atoms with Crippen molar-refractivity contribution in [2.45, 2.75) is 6.92 Å². The fourth-order valence-corrected chi connectivity index (χ4v) is 3.01. The lowest BCUT2D eigenvalue weighted by molar-refractivity contribution is 0.592. The van der Waals surface area contributed by atoms with Gasteiger partial charge in [0.15, 0.2) is 11.4 Å². The molecule has 6 heteroatoms. The van der Waals surface area contributed by atoms with Crippen LogP contribution in [0.3, 0.4) is 0 Å². The molecule has 0 aliphatic heterocycles. The van der Waals surface area contributed by atoms with E-state index in [-0.39, 0.29) is 0 Å². The molecule has 4 rings (SSSR count). The maximum Gasteiger partial charge on any atom is 0.155 e. The Morgan fingerprint density at radius 3 is 2.65 bits per heavy atom. The van der Waals surface area contributed by atoms with Crippen molar-refractivity contribution in [1.29, 1.82) is 0 Å². The predicted octanol–water partition coefficient (Wildman–Crippen LogP) is 5.27. The second-order valence-corrected chi connectivity index (χ2v) is 6.02. The molecule has 0 radical (unpaired) electrons. The van der Waals surface area contributed by atoms with Crippen molar-refractivity contribution in [1.82, 2.24) is 14.6 Å². The van der Waals surface area contributed by atoms with E-state index in [1.807, 2.05) is 37.3 Å². The van der Waals surface area contributed by atoms with Crippen LogP contribution in [0.15, 0.2) is 53.1 Å². The second kappa shape index (κ2) is 5.41. The number of aryl methyl sites for hydroxylation is 1. The van der Waals surface area contributed by atoms with Crippen molar-refractivity contribution in [2.24, 2.45) is 0 Å². The largest absolute Gasteiger partial charge is 0.454 e. The molecule has 0 spiro atoms. The monoisotopic (exact) mass is 343 g/mol. The summed E-state index contributed by atoms with van der Waals surface area (Å²) in [7, 11) is 0. The summed E-state index contributed by atoms with van der Waals surface area (Å²) < 4.78 is 7.74. The summed E-state index contributed by atoms with van der Waals surface area (Å²) in [5.74, 6) is 1.37. The van der Waals surface area contributed by atoms with Crippen molar-refractivity contribution in [3.8, 4) is 22.8 Å². The fraction of sp³-hybridized carbons (Fsp3) is 0.0588. The SMILES string of the molecule is Cc1cc2nccc(-c3ccc(-c4ccc(Cl)cc4Cl)o3)n2n1. The molecule has 0 unspecified atom stereocenters. The number of furan rings is 1. The molecule has 0 amide bonds. The third kappa shape index (κ3) is 2.50. The quantitative estimate of drug-likeness (QED) is 0.497. The van der Waals surface area contributed by atoms with Crippen LogP contribution in [0.1, 0.15) is 5.69 Å². The normalized spacial score (nSPS) is 11.3. The molecule has 1 aromatic carbocycles. The third-order valence-corrected chi connectivity index (χ3v) is 4.08. The Balaban J connectivity index is 1.83. The molecule has 4 nitrogen and oxygen atoms in total. The molecular formula is C17H11Cl2N3O. The molecule has 0 saturated heterocycles. The van der Waals surface area contributed by atoms with Gasteiger partial charge in [-0.05, 0) is 43.3 Å². The Labute approximate surface area is 142 Å². The first-order valence-electron chi connectivity index (χ1n) is 6.99. The van der Waals surface area contributed by atoms with E-state index in [4.69, 9.17) is 27.6 Å². The van der Waals surface area contributed by atoms with Crippen molar-refractivity contribution in [3.63, 3.8) is 0 Å². The molecule has 23 heavy (non-hydrogen) atoms. The highest BCUT2D eigenvalue weighted by Crippen LogP contribution is 2.34. The van der Waals surface area contributed by atoms with E-state index in [1.165, 1.54) is 0 Å². The number of rotatable bonds is 2. The Kier molecular flexibility index (Phi) is 3.36. The van der Waals surface area contributed by atoms with Gasteiger partial charge in [-0.15, -0.1) is 0 Å². The minimum absolute atomic E-state index is 0.549. The van der Waals surface area contributed by atoms with E-state index >= 15 is 0 Å². The number of hydrogen-bond acceptors (Lipinski definition) is 3. The number of hydrogen-bond donors (Lipinski definition) is 0. The summed E-state index contributed by atoms with van der Waals surface area (Å²) in [6, 6.07) is 12.9. The average Bonchev–Trinajstić information content (AvgIpc) is 3.12. The number of benzene rings is 1. The summed E-state index contributed by atoms with van der Waals surface area (Å²) in [6.45, 7) is 1.93. The summed E-state index contributed by atoms with van der Waals surface area (Å²) >= 11 is 12.2. The summed E-state index contributed by atoms with van der Waals surface area (Å²) in [6.07, 6.45) is 1.74. The molecule has 0 bridgehead atoms.